The molecule has 1 aliphatic carbocycles. The van der Waals surface area contributed by atoms with Gasteiger partial charge in [0.1, 0.15) is 11.2 Å². The lowest BCUT2D eigenvalue weighted by molar-refractivity contribution is 0.670. The number of hydrogen-bond donors (Lipinski definition) is 0. The van der Waals surface area contributed by atoms with E-state index in [-0.39, 0.29) is 0 Å². The van der Waals surface area contributed by atoms with Gasteiger partial charge in [0.05, 0.1) is 16.5 Å². The largest absolute Gasteiger partial charge is 0.455 e. The molecule has 12 aromatic rings. The second-order valence-corrected chi connectivity index (χ2v) is 17.6. The molecular weight excluding hydrogens is 811 g/mol. The summed E-state index contributed by atoms with van der Waals surface area (Å²) in [5.74, 6) is 0. The number of furan rings is 1. The molecule has 0 unspecified atom stereocenters. The van der Waals surface area contributed by atoms with Gasteiger partial charge in [0.15, 0.2) is 0 Å². The molecule has 13 rings (SSSR count). The summed E-state index contributed by atoms with van der Waals surface area (Å²) in [5.41, 5.74) is 18.8. The Labute approximate surface area is 390 Å². The minimum absolute atomic E-state index is 0.548. The van der Waals surface area contributed by atoms with E-state index in [0.29, 0.717) is 0 Å². The average molecular weight is 854 g/mol. The van der Waals surface area contributed by atoms with Crippen LogP contribution in [0.25, 0.3) is 77.2 Å². The highest BCUT2D eigenvalue weighted by Gasteiger charge is 2.46. The summed E-state index contributed by atoms with van der Waals surface area (Å²) < 4.78 is 6.88. The number of nitrogens with zero attached hydrogens (tertiary/aromatic N) is 1. The smallest absolute Gasteiger partial charge is 0.145 e. The maximum Gasteiger partial charge on any atom is 0.145 e. The molecule has 2 nitrogen and oxygen atoms in total. The van der Waals surface area contributed by atoms with E-state index in [1.165, 1.54) is 60.8 Å². The van der Waals surface area contributed by atoms with Crippen molar-refractivity contribution in [3.05, 3.63) is 283 Å². The number of para-hydroxylation sites is 1. The first-order valence-electron chi connectivity index (χ1n) is 23.1. The quantitative estimate of drug-likeness (QED) is 0.151. The average Bonchev–Trinajstić information content (AvgIpc) is 3.94. The fourth-order valence-corrected chi connectivity index (χ4v) is 10.9. The molecule has 0 saturated heterocycles. The number of fused-ring (bicyclic) bond motifs is 7. The number of hydrogen-bond acceptors (Lipinski definition) is 2. The molecule has 0 saturated carbocycles. The summed E-state index contributed by atoms with van der Waals surface area (Å²) in [6.45, 7) is 0. The highest BCUT2D eigenvalue weighted by atomic mass is 16.3. The molecule has 0 atom stereocenters. The minimum atomic E-state index is -0.548. The van der Waals surface area contributed by atoms with Crippen molar-refractivity contribution in [1.82, 2.24) is 0 Å². The van der Waals surface area contributed by atoms with E-state index < -0.39 is 5.41 Å². The second-order valence-electron chi connectivity index (χ2n) is 17.6. The van der Waals surface area contributed by atoms with Crippen molar-refractivity contribution in [3.63, 3.8) is 0 Å². The van der Waals surface area contributed by atoms with Crippen LogP contribution < -0.4 is 4.90 Å². The number of rotatable bonds is 8. The standard InChI is InChI=1S/C65H43NO/c1-4-17-48(18-5-1)55-40-41-61(63-58-25-13-15-27-62(58)67-64(55)63)66(53-36-34-46(35-37-53)45-28-30-47(31-29-45)50-33-32-44-16-10-11-19-49(44)42-50)54-38-39-57-56-24-12-14-26-59(56)65(60(57)43-54,51-20-6-2-7-21-51)52-22-8-3-9-23-52/h1-43H. The third kappa shape index (κ3) is 6.26. The topological polar surface area (TPSA) is 16.4 Å². The second kappa shape index (κ2) is 15.8. The van der Waals surface area contributed by atoms with Gasteiger partial charge in [0.2, 0.25) is 0 Å². The van der Waals surface area contributed by atoms with Gasteiger partial charge in [-0.15, -0.1) is 0 Å². The van der Waals surface area contributed by atoms with Gasteiger partial charge in [-0.1, -0.05) is 212 Å². The van der Waals surface area contributed by atoms with E-state index >= 15 is 0 Å². The molecule has 1 heterocycles. The van der Waals surface area contributed by atoms with Crippen molar-refractivity contribution in [3.8, 4) is 44.5 Å². The van der Waals surface area contributed by atoms with Gasteiger partial charge in [-0.05, 0) is 121 Å². The Kier molecular flexibility index (Phi) is 9.11. The first kappa shape index (κ1) is 38.7. The molecule has 0 amide bonds. The van der Waals surface area contributed by atoms with E-state index in [4.69, 9.17) is 4.42 Å². The summed E-state index contributed by atoms with van der Waals surface area (Å²) in [5, 5.41) is 4.65. The van der Waals surface area contributed by atoms with E-state index in [9.17, 15) is 0 Å². The fraction of sp³-hybridized carbons (Fsp3) is 0.0154. The predicted octanol–water partition coefficient (Wildman–Crippen LogP) is 17.6. The molecule has 2 heteroatoms. The Hall–Kier alpha value is -8.72. The Morgan fingerprint density at radius 1 is 0.328 bits per heavy atom. The number of anilines is 3. The lowest BCUT2D eigenvalue weighted by Gasteiger charge is -2.35. The zero-order chi connectivity index (χ0) is 44.3. The summed E-state index contributed by atoms with van der Waals surface area (Å²) in [6, 6.07) is 95.0. The molecule has 11 aromatic carbocycles. The Bertz CT molecular complexity index is 3740. The van der Waals surface area contributed by atoms with Gasteiger partial charge in [0.25, 0.3) is 0 Å². The third-order valence-corrected chi connectivity index (χ3v) is 14.0. The first-order valence-corrected chi connectivity index (χ1v) is 23.1. The van der Waals surface area contributed by atoms with Crippen LogP contribution in [0.4, 0.5) is 17.1 Å². The van der Waals surface area contributed by atoms with Crippen molar-refractivity contribution < 1.29 is 4.42 Å². The molecule has 0 bridgehead atoms. The molecule has 0 fully saturated rings. The first-order chi connectivity index (χ1) is 33.2. The Morgan fingerprint density at radius 2 is 0.866 bits per heavy atom. The van der Waals surface area contributed by atoms with Crippen molar-refractivity contribution in [2.45, 2.75) is 5.41 Å². The molecule has 1 aromatic heterocycles. The van der Waals surface area contributed by atoms with Crippen molar-refractivity contribution in [1.29, 1.82) is 0 Å². The van der Waals surface area contributed by atoms with E-state index in [1.807, 2.05) is 0 Å². The maximum absolute atomic E-state index is 6.88. The van der Waals surface area contributed by atoms with Gasteiger partial charge in [0, 0.05) is 22.3 Å². The van der Waals surface area contributed by atoms with Crippen molar-refractivity contribution in [2.24, 2.45) is 0 Å². The molecule has 0 spiro atoms. The highest BCUT2D eigenvalue weighted by molar-refractivity contribution is 6.17. The van der Waals surface area contributed by atoms with Crippen LogP contribution in [0.1, 0.15) is 22.3 Å². The summed E-state index contributed by atoms with van der Waals surface area (Å²) in [6.07, 6.45) is 0. The van der Waals surface area contributed by atoms with Crippen LogP contribution in [0, 0.1) is 0 Å². The van der Waals surface area contributed by atoms with Crippen LogP contribution in [-0.4, -0.2) is 0 Å². The lowest BCUT2D eigenvalue weighted by Crippen LogP contribution is -2.28. The molecule has 0 aliphatic heterocycles. The van der Waals surface area contributed by atoms with Crippen LogP contribution in [0.5, 0.6) is 0 Å². The third-order valence-electron chi connectivity index (χ3n) is 14.0. The number of benzene rings is 11. The van der Waals surface area contributed by atoms with Crippen LogP contribution in [0.15, 0.2) is 265 Å². The summed E-state index contributed by atoms with van der Waals surface area (Å²) in [4.78, 5) is 2.44. The van der Waals surface area contributed by atoms with Gasteiger partial charge in [-0.2, -0.15) is 0 Å². The zero-order valence-corrected chi connectivity index (χ0v) is 36.7. The summed E-state index contributed by atoms with van der Waals surface area (Å²) >= 11 is 0. The van der Waals surface area contributed by atoms with Crippen LogP contribution >= 0.6 is 0 Å². The van der Waals surface area contributed by atoms with Crippen molar-refractivity contribution >= 4 is 49.8 Å². The predicted molar refractivity (Wildman–Crippen MR) is 280 cm³/mol. The molecule has 67 heavy (non-hydrogen) atoms. The maximum atomic E-state index is 6.88. The van der Waals surface area contributed by atoms with Gasteiger partial charge >= 0.3 is 0 Å². The normalized spacial score (nSPS) is 12.6. The van der Waals surface area contributed by atoms with Crippen LogP contribution in [-0.2, 0) is 5.41 Å². The minimum Gasteiger partial charge on any atom is -0.455 e. The molecule has 314 valence electrons. The van der Waals surface area contributed by atoms with Gasteiger partial charge in [-0.25, -0.2) is 0 Å². The van der Waals surface area contributed by atoms with Gasteiger partial charge < -0.3 is 9.32 Å². The SMILES string of the molecule is c1ccc(-c2ccc(N(c3ccc(-c4ccc(-c5ccc6ccccc6c5)cc4)cc3)c3ccc4c(c3)C(c3ccccc3)(c3ccccc3)c3ccccc3-4)c3c2oc2ccccc23)cc1. The monoisotopic (exact) mass is 853 g/mol. The van der Waals surface area contributed by atoms with Crippen LogP contribution in [0.3, 0.4) is 0 Å². The highest BCUT2D eigenvalue weighted by Crippen LogP contribution is 2.57. The zero-order valence-electron chi connectivity index (χ0n) is 36.7. The van der Waals surface area contributed by atoms with Crippen LogP contribution in [0.2, 0.25) is 0 Å². The molecule has 0 radical (unpaired) electrons. The van der Waals surface area contributed by atoms with E-state index in [1.54, 1.807) is 0 Å². The van der Waals surface area contributed by atoms with E-state index in [0.717, 1.165) is 55.7 Å². The fourth-order valence-electron chi connectivity index (χ4n) is 10.9. The Morgan fingerprint density at radius 3 is 1.60 bits per heavy atom. The Balaban J connectivity index is 1.01. The molecular formula is C65H43NO. The lowest BCUT2D eigenvalue weighted by atomic mass is 9.67. The molecule has 1 aliphatic rings. The van der Waals surface area contributed by atoms with E-state index in [2.05, 4.69) is 266 Å². The van der Waals surface area contributed by atoms with Crippen molar-refractivity contribution in [2.75, 3.05) is 4.90 Å². The van der Waals surface area contributed by atoms with Gasteiger partial charge in [-0.3, -0.25) is 0 Å². The molecule has 0 N–H and O–H groups in total. The summed E-state index contributed by atoms with van der Waals surface area (Å²) in [7, 11) is 0.